The number of carbonyl (C=O) groups is 2. The fraction of sp³-hybridized carbons (Fsp3) is 0.500. The molecule has 0 unspecified atom stereocenters. The van der Waals surface area contributed by atoms with Crippen LogP contribution >= 0.6 is 0 Å². The van der Waals surface area contributed by atoms with Gasteiger partial charge >= 0.3 is 21.1 Å². The molecule has 0 fully saturated rings. The monoisotopic (exact) mass is 313 g/mol. The predicted molar refractivity (Wildman–Crippen MR) is 36.0 cm³/mol. The number of ketones is 1. The van der Waals surface area contributed by atoms with Gasteiger partial charge in [0.15, 0.2) is 0 Å². The Morgan fingerprint density at radius 2 is 1.40 bits per heavy atom. The molecule has 0 aliphatic heterocycles. The van der Waals surface area contributed by atoms with Gasteiger partial charge in [0, 0.05) is 5.91 Å². The Balaban J connectivity index is -0.0000000910. The molecule has 4 heteroatoms. The Kier molecular flexibility index (Phi) is 18.8. The summed E-state index contributed by atoms with van der Waals surface area (Å²) in [5, 5.41) is 3.25. The van der Waals surface area contributed by atoms with Gasteiger partial charge in [-0.3, -0.25) is 0 Å². The SMILES string of the molecule is C[N-]C(C)=O.[CH2-]C(C)=O.[W+2]. The van der Waals surface area contributed by atoms with Gasteiger partial charge in [-0.1, -0.05) is 0 Å². The number of carbonyl (C=O) groups excluding carboxylic acids is 2. The number of amides is 1. The maximum Gasteiger partial charge on any atom is 2.00 e. The largest absolute Gasteiger partial charge is 2.00 e. The van der Waals surface area contributed by atoms with Crippen LogP contribution in [-0.4, -0.2) is 18.7 Å². The van der Waals surface area contributed by atoms with Gasteiger partial charge in [-0.25, -0.2) is 0 Å². The summed E-state index contributed by atoms with van der Waals surface area (Å²) in [4.78, 5) is 19.0. The van der Waals surface area contributed by atoms with E-state index in [4.69, 9.17) is 0 Å². The zero-order chi connectivity index (χ0) is 7.86. The summed E-state index contributed by atoms with van der Waals surface area (Å²) >= 11 is 0. The van der Waals surface area contributed by atoms with Crippen molar-refractivity contribution in [1.82, 2.24) is 0 Å². The van der Waals surface area contributed by atoms with Gasteiger partial charge in [0.2, 0.25) is 0 Å². The molecule has 3 nitrogen and oxygen atoms in total. The minimum absolute atomic E-state index is 0. The molecule has 0 aliphatic rings. The second-order valence-electron chi connectivity index (χ2n) is 1.44. The first kappa shape index (κ1) is 16.4. The van der Waals surface area contributed by atoms with E-state index in [1.165, 1.54) is 20.9 Å². The molecule has 0 aromatic heterocycles. The fourth-order valence-electron chi connectivity index (χ4n) is 0. The topological polar surface area (TPSA) is 48.2 Å². The molecular formula is C6H11NO2W. The van der Waals surface area contributed by atoms with E-state index in [1.807, 2.05) is 0 Å². The standard InChI is InChI=1S/C3H7NO.C3H5O.W/c1-3(5)4-2;1-3(2)4;/h1-2H3,(H,4,5);1H2,2H3;/q;-1;+2/p-1. The van der Waals surface area contributed by atoms with Crippen molar-refractivity contribution in [3.05, 3.63) is 12.2 Å². The van der Waals surface area contributed by atoms with Crippen LogP contribution in [0.3, 0.4) is 0 Å². The van der Waals surface area contributed by atoms with E-state index in [-0.39, 0.29) is 32.8 Å². The average molecular weight is 313 g/mol. The van der Waals surface area contributed by atoms with E-state index in [0.717, 1.165) is 0 Å². The zero-order valence-corrected chi connectivity index (χ0v) is 9.31. The smallest absolute Gasteiger partial charge is 0.656 e. The zero-order valence-electron chi connectivity index (χ0n) is 6.38. The van der Waals surface area contributed by atoms with Crippen molar-refractivity contribution in [3.63, 3.8) is 0 Å². The van der Waals surface area contributed by atoms with Gasteiger partial charge < -0.3 is 21.8 Å². The van der Waals surface area contributed by atoms with Crippen molar-refractivity contribution in [3.8, 4) is 0 Å². The van der Waals surface area contributed by atoms with Crippen molar-refractivity contribution < 1.29 is 30.7 Å². The third-order valence-corrected chi connectivity index (χ3v) is 0.315. The van der Waals surface area contributed by atoms with Gasteiger partial charge in [-0.05, 0) is 19.6 Å². The van der Waals surface area contributed by atoms with Crippen LogP contribution in [0, 0.1) is 6.92 Å². The third kappa shape index (κ3) is 120. The number of Topliss-reactive ketones (excluding diaryl/α,β-unsaturated/α-hetero) is 1. The summed E-state index contributed by atoms with van der Waals surface area (Å²) in [6, 6.07) is 0. The summed E-state index contributed by atoms with van der Waals surface area (Å²) in [5.41, 5.74) is 0. The predicted octanol–water partition coefficient (Wildman–Crippen LogP) is 0.943. The van der Waals surface area contributed by atoms with E-state index < -0.39 is 0 Å². The molecule has 1 amide bonds. The first-order chi connectivity index (χ1) is 4.00. The van der Waals surface area contributed by atoms with Crippen molar-refractivity contribution in [2.45, 2.75) is 13.8 Å². The molecule has 58 valence electrons. The van der Waals surface area contributed by atoms with Gasteiger partial charge in [0.25, 0.3) is 0 Å². The molecule has 0 radical (unpaired) electrons. The first-order valence-electron chi connectivity index (χ1n) is 2.43. The van der Waals surface area contributed by atoms with E-state index in [9.17, 15) is 9.59 Å². The maximum absolute atomic E-state index is 9.65. The second-order valence-corrected chi connectivity index (χ2v) is 1.44. The quantitative estimate of drug-likeness (QED) is 0.625. The van der Waals surface area contributed by atoms with Crippen LogP contribution in [0.5, 0.6) is 0 Å². The third-order valence-electron chi connectivity index (χ3n) is 0.315. The van der Waals surface area contributed by atoms with Crippen LogP contribution in [0.2, 0.25) is 0 Å². The average Bonchev–Trinajstić information content (AvgIpc) is 1.65. The minimum Gasteiger partial charge on any atom is -0.656 e. The number of hydrogen-bond donors (Lipinski definition) is 0. The number of hydrogen-bond acceptors (Lipinski definition) is 2. The van der Waals surface area contributed by atoms with E-state index in [1.54, 1.807) is 0 Å². The molecule has 0 heterocycles. The Hall–Kier alpha value is -0.302. The molecule has 0 saturated heterocycles. The Labute approximate surface area is 75.8 Å². The van der Waals surface area contributed by atoms with Crippen molar-refractivity contribution >= 4 is 11.7 Å². The van der Waals surface area contributed by atoms with Gasteiger partial charge in [-0.2, -0.15) is 0 Å². The Morgan fingerprint density at radius 3 is 1.40 bits per heavy atom. The van der Waals surface area contributed by atoms with Crippen molar-refractivity contribution in [2.24, 2.45) is 0 Å². The van der Waals surface area contributed by atoms with Crippen LogP contribution in [-0.2, 0) is 30.7 Å². The second kappa shape index (κ2) is 11.5. The van der Waals surface area contributed by atoms with Crippen LogP contribution < -0.4 is 0 Å². The Morgan fingerprint density at radius 1 is 1.30 bits per heavy atom. The molecule has 0 aromatic rings. The maximum atomic E-state index is 9.65. The molecule has 0 bridgehead atoms. The Bertz CT molecular complexity index is 99.9. The molecule has 0 spiro atoms. The van der Waals surface area contributed by atoms with Crippen molar-refractivity contribution in [2.75, 3.05) is 7.05 Å². The van der Waals surface area contributed by atoms with Crippen molar-refractivity contribution in [1.29, 1.82) is 0 Å². The molecule has 0 N–H and O–H groups in total. The summed E-state index contributed by atoms with van der Waals surface area (Å²) < 4.78 is 0. The van der Waals surface area contributed by atoms with Crippen LogP contribution in [0.25, 0.3) is 5.32 Å². The molecule has 0 aliphatic carbocycles. The molecule has 10 heavy (non-hydrogen) atoms. The number of nitrogens with zero attached hydrogens (tertiary/aromatic N) is 1. The number of rotatable bonds is 0. The van der Waals surface area contributed by atoms with E-state index in [0.29, 0.717) is 0 Å². The summed E-state index contributed by atoms with van der Waals surface area (Å²) in [7, 11) is 1.47. The summed E-state index contributed by atoms with van der Waals surface area (Å²) in [5.74, 6) is -0.204. The van der Waals surface area contributed by atoms with Gasteiger partial charge in [0.1, 0.15) is 0 Å². The van der Waals surface area contributed by atoms with Crippen LogP contribution in [0.15, 0.2) is 0 Å². The molecule has 0 atom stereocenters. The molecule has 0 saturated carbocycles. The molecule has 0 rings (SSSR count). The summed E-state index contributed by atoms with van der Waals surface area (Å²) in [6.07, 6.45) is 0. The van der Waals surface area contributed by atoms with Crippen LogP contribution in [0.1, 0.15) is 13.8 Å². The first-order valence-corrected chi connectivity index (χ1v) is 2.43. The minimum atomic E-state index is -0.120. The normalized spacial score (nSPS) is 5.90. The molecule has 0 aromatic carbocycles. The van der Waals surface area contributed by atoms with E-state index in [2.05, 4.69) is 12.2 Å². The van der Waals surface area contributed by atoms with Gasteiger partial charge in [-0.15, -0.1) is 7.05 Å². The van der Waals surface area contributed by atoms with Crippen LogP contribution in [0.4, 0.5) is 0 Å². The van der Waals surface area contributed by atoms with E-state index >= 15 is 0 Å². The summed E-state index contributed by atoms with van der Waals surface area (Å²) in [6.45, 7) is 5.83. The van der Waals surface area contributed by atoms with Gasteiger partial charge in [0.05, 0.1) is 0 Å². The fourth-order valence-corrected chi connectivity index (χ4v) is 0. The molecular weight excluding hydrogens is 302 g/mol.